The summed E-state index contributed by atoms with van der Waals surface area (Å²) in [4.78, 5) is 66.3. The Balaban J connectivity index is 2.81. The number of carbonyl (C=O) groups excluding carboxylic acids is 1. The lowest BCUT2D eigenvalue weighted by Crippen LogP contribution is -2.45. The molecule has 160 valence electrons. The van der Waals surface area contributed by atoms with Crippen molar-refractivity contribution in [2.24, 2.45) is 0 Å². The molecule has 1 heterocycles. The first-order valence-electron chi connectivity index (χ1n) is 9.07. The number of rotatable bonds is 7. The Kier molecular flexibility index (Phi) is 7.08. The maximum atomic E-state index is 13.3. The van der Waals surface area contributed by atoms with Gasteiger partial charge in [-0.3, -0.25) is 14.2 Å². The summed E-state index contributed by atoms with van der Waals surface area (Å²) in [6.45, 7) is 5.80. The highest BCUT2D eigenvalue weighted by Crippen LogP contribution is 2.45. The zero-order chi connectivity index (χ0) is 22.8. The van der Waals surface area contributed by atoms with E-state index in [1.807, 2.05) is 6.07 Å². The Morgan fingerprint density at radius 2 is 1.83 bits per heavy atom. The quantitative estimate of drug-likeness (QED) is 0.432. The summed E-state index contributed by atoms with van der Waals surface area (Å²) in [5.74, 6) is -1.06. The van der Waals surface area contributed by atoms with Crippen molar-refractivity contribution in [2.75, 3.05) is 0 Å². The standard InChI is InChI=1S/C19H23N3O7P/c1-5-21-16(17(23)14-7-12(4)6-13(8-14)9-20)15(11(2)3)18(24)22(19(21)25)10-29-30(26,27)28/h6-8,11,26-28H,5,10H2,1-4H3/q+1. The Morgan fingerprint density at radius 3 is 2.33 bits per heavy atom. The summed E-state index contributed by atoms with van der Waals surface area (Å²) < 4.78 is 6.12. The molecule has 10 nitrogen and oxygen atoms in total. The number of nitriles is 1. The Labute approximate surface area is 172 Å². The molecule has 3 N–H and O–H groups in total. The average Bonchev–Trinajstić information content (AvgIpc) is 2.65. The number of nitrogens with zero attached hydrogens (tertiary/aromatic N) is 3. The van der Waals surface area contributed by atoms with Gasteiger partial charge in [0.15, 0.2) is 6.73 Å². The highest BCUT2D eigenvalue weighted by molar-refractivity contribution is 7.53. The van der Waals surface area contributed by atoms with E-state index in [9.17, 15) is 19.6 Å². The second-order valence-electron chi connectivity index (χ2n) is 6.98. The second kappa shape index (κ2) is 9.00. The molecule has 0 unspecified atom stereocenters. The molecule has 30 heavy (non-hydrogen) atoms. The van der Waals surface area contributed by atoms with Crippen LogP contribution < -0.4 is 11.2 Å². The Bertz CT molecular complexity index is 1140. The molecule has 2 aromatic rings. The van der Waals surface area contributed by atoms with Crippen molar-refractivity contribution >= 4 is 14.0 Å². The summed E-state index contributed by atoms with van der Waals surface area (Å²) in [6, 6.07) is 6.53. The number of hydrogen-bond acceptors (Lipinski definition) is 8. The summed E-state index contributed by atoms with van der Waals surface area (Å²) in [6.07, 6.45) is 0. The fraction of sp³-hybridized carbons (Fsp3) is 0.368. The fourth-order valence-electron chi connectivity index (χ4n) is 3.14. The van der Waals surface area contributed by atoms with Crippen molar-refractivity contribution < 1.29 is 24.0 Å². The van der Waals surface area contributed by atoms with E-state index in [0.29, 0.717) is 10.1 Å². The predicted octanol–water partition coefficient (Wildman–Crippen LogP) is 1.19. The van der Waals surface area contributed by atoms with E-state index in [-0.39, 0.29) is 28.9 Å². The minimum absolute atomic E-state index is 0.0304. The number of aryl methyl sites for hydroxylation is 1. The maximum absolute atomic E-state index is 13.3. The molecule has 0 aliphatic heterocycles. The summed E-state index contributed by atoms with van der Waals surface area (Å²) >= 11 is 0. The van der Waals surface area contributed by atoms with Gasteiger partial charge in [0.05, 0.1) is 11.6 Å². The van der Waals surface area contributed by atoms with Gasteiger partial charge in [0, 0.05) is 17.7 Å². The monoisotopic (exact) mass is 436 g/mol. The molecule has 0 saturated carbocycles. The van der Waals surface area contributed by atoms with Crippen molar-refractivity contribution in [2.45, 2.75) is 46.9 Å². The summed E-state index contributed by atoms with van der Waals surface area (Å²) in [5.41, 5.74) is -0.722. The van der Waals surface area contributed by atoms with Crippen LogP contribution in [0.3, 0.4) is 0 Å². The third-order valence-electron chi connectivity index (χ3n) is 4.40. The third kappa shape index (κ3) is 4.90. The number of benzene rings is 1. The van der Waals surface area contributed by atoms with Gasteiger partial charge < -0.3 is 0 Å². The first kappa shape index (κ1) is 23.6. The van der Waals surface area contributed by atoms with Crippen molar-refractivity contribution in [3.05, 3.63) is 67.0 Å². The molecule has 0 spiro atoms. The molecule has 11 heteroatoms. The number of aromatic nitrogens is 2. The molecular formula is C19H23N3O7P+. The molecule has 1 aromatic carbocycles. The molecule has 0 aliphatic carbocycles. The van der Waals surface area contributed by atoms with Crippen molar-refractivity contribution in [1.29, 1.82) is 5.26 Å². The Morgan fingerprint density at radius 1 is 1.20 bits per heavy atom. The highest BCUT2D eigenvalue weighted by atomic mass is 31.2. The zero-order valence-electron chi connectivity index (χ0n) is 17.0. The normalized spacial score (nSPS) is 11.6. The fourth-order valence-corrected chi connectivity index (χ4v) is 3.41. The van der Waals surface area contributed by atoms with Crippen LogP contribution in [0.25, 0.3) is 0 Å². The number of hydrogen-bond donors (Lipinski definition) is 3. The molecule has 0 fully saturated rings. The minimum atomic E-state index is -4.68. The van der Waals surface area contributed by atoms with E-state index in [1.54, 1.807) is 39.8 Å². The molecule has 0 amide bonds. The van der Waals surface area contributed by atoms with Crippen LogP contribution in [0.1, 0.15) is 59.4 Å². The van der Waals surface area contributed by atoms with Crippen LogP contribution >= 0.6 is 8.17 Å². The van der Waals surface area contributed by atoms with Crippen molar-refractivity contribution in [1.82, 2.24) is 9.13 Å². The van der Waals surface area contributed by atoms with Gasteiger partial charge in [-0.1, -0.05) is 13.8 Å². The second-order valence-corrected chi connectivity index (χ2v) is 8.26. The van der Waals surface area contributed by atoms with E-state index in [1.165, 1.54) is 6.07 Å². The van der Waals surface area contributed by atoms with Crippen LogP contribution in [0.15, 0.2) is 27.8 Å². The minimum Gasteiger partial charge on any atom is -0.290 e. The van der Waals surface area contributed by atoms with Gasteiger partial charge in [0.25, 0.3) is 5.56 Å². The SMILES string of the molecule is CCn1c(C(=O)c2cc(C)cc(C#N)c2)c(C(C)C)c(=O)n(CO[P+](O)(O)O)c1=O. The largest absolute Gasteiger partial charge is 0.569 e. The van der Waals surface area contributed by atoms with E-state index in [2.05, 4.69) is 4.52 Å². The van der Waals surface area contributed by atoms with Gasteiger partial charge in [-0.15, -0.1) is 4.52 Å². The van der Waals surface area contributed by atoms with Gasteiger partial charge in [0.1, 0.15) is 5.69 Å². The molecule has 0 atom stereocenters. The van der Waals surface area contributed by atoms with Gasteiger partial charge in [-0.25, -0.2) is 9.36 Å². The van der Waals surface area contributed by atoms with E-state index < -0.39 is 37.9 Å². The van der Waals surface area contributed by atoms with Crippen LogP contribution in [0.5, 0.6) is 0 Å². The molecule has 2 rings (SSSR count). The lowest BCUT2D eigenvalue weighted by molar-refractivity contribution is 0.101. The lowest BCUT2D eigenvalue weighted by Gasteiger charge is -2.19. The number of ketones is 1. The first-order valence-corrected chi connectivity index (χ1v) is 10.6. The lowest BCUT2D eigenvalue weighted by atomic mass is 9.95. The van der Waals surface area contributed by atoms with E-state index in [4.69, 9.17) is 14.7 Å². The Hall–Kier alpha value is -2.67. The van der Waals surface area contributed by atoms with Gasteiger partial charge in [0.2, 0.25) is 5.78 Å². The molecule has 0 aliphatic rings. The highest BCUT2D eigenvalue weighted by Gasteiger charge is 2.35. The van der Waals surface area contributed by atoms with Crippen molar-refractivity contribution in [3.8, 4) is 6.07 Å². The first-order chi connectivity index (χ1) is 13.9. The van der Waals surface area contributed by atoms with Gasteiger partial charge in [-0.05, 0) is 43.5 Å². The average molecular weight is 436 g/mol. The molecular weight excluding hydrogens is 413 g/mol. The van der Waals surface area contributed by atoms with Gasteiger partial charge >= 0.3 is 13.9 Å². The van der Waals surface area contributed by atoms with E-state index in [0.717, 1.165) is 4.57 Å². The third-order valence-corrected chi connectivity index (χ3v) is 4.86. The van der Waals surface area contributed by atoms with Crippen LogP contribution in [-0.2, 0) is 17.8 Å². The topological polar surface area (TPSA) is 155 Å². The molecule has 0 radical (unpaired) electrons. The molecule has 0 bridgehead atoms. The van der Waals surface area contributed by atoms with E-state index >= 15 is 0 Å². The van der Waals surface area contributed by atoms with Crippen LogP contribution in [0, 0.1) is 18.3 Å². The van der Waals surface area contributed by atoms with Crippen LogP contribution in [0.4, 0.5) is 0 Å². The smallest absolute Gasteiger partial charge is 0.290 e. The summed E-state index contributed by atoms with van der Waals surface area (Å²) in [5, 5.41) is 9.19. The van der Waals surface area contributed by atoms with Crippen LogP contribution in [-0.4, -0.2) is 29.6 Å². The zero-order valence-corrected chi connectivity index (χ0v) is 17.9. The maximum Gasteiger partial charge on any atom is 0.569 e. The van der Waals surface area contributed by atoms with Crippen molar-refractivity contribution in [3.63, 3.8) is 0 Å². The van der Waals surface area contributed by atoms with Crippen LogP contribution in [0.2, 0.25) is 0 Å². The molecule has 1 aromatic heterocycles. The number of carbonyl (C=O) groups is 1. The van der Waals surface area contributed by atoms with Gasteiger partial charge in [-0.2, -0.15) is 19.9 Å². The molecule has 0 saturated heterocycles. The summed E-state index contributed by atoms with van der Waals surface area (Å²) in [7, 11) is -4.68. The predicted molar refractivity (Wildman–Crippen MR) is 109 cm³/mol.